The summed E-state index contributed by atoms with van der Waals surface area (Å²) >= 11 is 0. The molecule has 2 unspecified atom stereocenters. The maximum absolute atomic E-state index is 13.0. The van der Waals surface area contributed by atoms with Gasteiger partial charge in [-0.05, 0) is 41.9 Å². The first-order chi connectivity index (χ1) is 12.6. The number of anilines is 1. The highest BCUT2D eigenvalue weighted by Crippen LogP contribution is 2.60. The van der Waals surface area contributed by atoms with Gasteiger partial charge in [0.05, 0.1) is 5.41 Å². The summed E-state index contributed by atoms with van der Waals surface area (Å²) in [4.78, 5) is 39.4. The molecule has 0 radical (unpaired) electrons. The molecular formula is C22H30N2O3. The van der Waals surface area contributed by atoms with E-state index in [2.05, 4.69) is 19.2 Å². The molecule has 1 N–H and O–H groups in total. The van der Waals surface area contributed by atoms with Crippen LogP contribution < -0.4 is 5.32 Å². The Balaban J connectivity index is 1.62. The molecule has 1 saturated heterocycles. The van der Waals surface area contributed by atoms with Gasteiger partial charge in [-0.25, -0.2) is 0 Å². The number of amides is 3. The van der Waals surface area contributed by atoms with Gasteiger partial charge in [0.15, 0.2) is 0 Å². The van der Waals surface area contributed by atoms with Crippen molar-refractivity contribution in [2.45, 2.75) is 59.8 Å². The van der Waals surface area contributed by atoms with E-state index in [1.165, 1.54) is 10.5 Å². The first-order valence-electron chi connectivity index (χ1n) is 9.83. The number of rotatable bonds is 5. The van der Waals surface area contributed by atoms with Crippen molar-refractivity contribution in [2.75, 3.05) is 11.9 Å². The average molecular weight is 370 g/mol. The Kier molecular flexibility index (Phi) is 4.91. The molecule has 2 bridgehead atoms. The standard InChI is InChI=1S/C22H30N2O3/c1-14(2)15-6-8-16(9-7-15)23-18(25)11-13-24-19(26)17-10-12-22(5,20(24)27)21(17,3)4/h6-9,14,17H,10-13H2,1-5H3,(H,23,25). The molecule has 2 atom stereocenters. The highest BCUT2D eigenvalue weighted by Gasteiger charge is 2.64. The molecule has 1 saturated carbocycles. The molecule has 0 spiro atoms. The van der Waals surface area contributed by atoms with Crippen molar-refractivity contribution in [1.29, 1.82) is 0 Å². The van der Waals surface area contributed by atoms with Crippen molar-refractivity contribution < 1.29 is 14.4 Å². The normalized spacial score (nSPS) is 26.6. The summed E-state index contributed by atoms with van der Waals surface area (Å²) < 4.78 is 0. The summed E-state index contributed by atoms with van der Waals surface area (Å²) in [5.41, 5.74) is 1.10. The Bertz CT molecular complexity index is 766. The van der Waals surface area contributed by atoms with Crippen LogP contribution in [0.1, 0.15) is 65.4 Å². The van der Waals surface area contributed by atoms with E-state index in [-0.39, 0.29) is 42.0 Å². The minimum absolute atomic E-state index is 0.117. The van der Waals surface area contributed by atoms with Crippen molar-refractivity contribution >= 4 is 23.4 Å². The fraction of sp³-hybridized carbons (Fsp3) is 0.591. The van der Waals surface area contributed by atoms with Gasteiger partial charge in [-0.15, -0.1) is 0 Å². The van der Waals surface area contributed by atoms with E-state index in [0.29, 0.717) is 5.92 Å². The lowest BCUT2D eigenvalue weighted by atomic mass is 9.62. The molecule has 3 rings (SSSR count). The zero-order valence-electron chi connectivity index (χ0n) is 17.0. The SMILES string of the molecule is CC(C)c1ccc(NC(=O)CCN2C(=O)C3CCC(C)(C2=O)C3(C)C)cc1. The van der Waals surface area contributed by atoms with Gasteiger partial charge >= 0.3 is 0 Å². The monoisotopic (exact) mass is 370 g/mol. The molecule has 5 heteroatoms. The number of benzene rings is 1. The predicted molar refractivity (Wildman–Crippen MR) is 105 cm³/mol. The summed E-state index contributed by atoms with van der Waals surface area (Å²) in [5.74, 6) is -0.122. The van der Waals surface area contributed by atoms with Crippen LogP contribution in [-0.4, -0.2) is 29.2 Å². The van der Waals surface area contributed by atoms with E-state index in [1.807, 2.05) is 45.0 Å². The minimum Gasteiger partial charge on any atom is -0.326 e. The molecule has 1 heterocycles. The van der Waals surface area contributed by atoms with Crippen LogP contribution >= 0.6 is 0 Å². The maximum atomic E-state index is 13.0. The average Bonchev–Trinajstić information content (AvgIpc) is 2.79. The minimum atomic E-state index is -0.519. The van der Waals surface area contributed by atoms with Crippen molar-refractivity contribution in [3.05, 3.63) is 29.8 Å². The van der Waals surface area contributed by atoms with Crippen LogP contribution in [0.3, 0.4) is 0 Å². The topological polar surface area (TPSA) is 66.5 Å². The number of fused-ring (bicyclic) bond motifs is 2. The van der Waals surface area contributed by atoms with E-state index in [4.69, 9.17) is 0 Å². The highest BCUT2D eigenvalue weighted by atomic mass is 16.2. The third-order valence-electron chi connectivity index (χ3n) is 6.93. The Labute approximate surface area is 161 Å². The summed E-state index contributed by atoms with van der Waals surface area (Å²) in [6, 6.07) is 7.76. The van der Waals surface area contributed by atoms with Crippen LogP contribution in [0.15, 0.2) is 24.3 Å². The molecule has 146 valence electrons. The predicted octanol–water partition coefficient (Wildman–Crippen LogP) is 3.95. The van der Waals surface area contributed by atoms with E-state index in [0.717, 1.165) is 18.5 Å². The molecule has 5 nitrogen and oxygen atoms in total. The number of likely N-dealkylation sites (tertiary alicyclic amines) is 1. The summed E-state index contributed by atoms with van der Waals surface area (Å²) in [5, 5.41) is 2.85. The molecular weight excluding hydrogens is 340 g/mol. The Morgan fingerprint density at radius 1 is 1.19 bits per heavy atom. The zero-order valence-corrected chi connectivity index (χ0v) is 17.0. The van der Waals surface area contributed by atoms with Crippen LogP contribution in [-0.2, 0) is 14.4 Å². The van der Waals surface area contributed by atoms with Crippen LogP contribution in [0.5, 0.6) is 0 Å². The molecule has 1 aliphatic heterocycles. The first kappa shape index (κ1) is 19.6. The number of carbonyl (C=O) groups excluding carboxylic acids is 3. The Morgan fingerprint density at radius 3 is 2.41 bits per heavy atom. The van der Waals surface area contributed by atoms with Gasteiger partial charge < -0.3 is 5.32 Å². The highest BCUT2D eigenvalue weighted by molar-refractivity contribution is 6.04. The molecule has 2 fully saturated rings. The third-order valence-corrected chi connectivity index (χ3v) is 6.93. The van der Waals surface area contributed by atoms with E-state index in [1.54, 1.807) is 0 Å². The second-order valence-corrected chi connectivity index (χ2v) is 9.01. The van der Waals surface area contributed by atoms with Crippen LogP contribution in [0.2, 0.25) is 0 Å². The van der Waals surface area contributed by atoms with Crippen molar-refractivity contribution in [3.8, 4) is 0 Å². The van der Waals surface area contributed by atoms with Gasteiger partial charge in [-0.2, -0.15) is 0 Å². The van der Waals surface area contributed by atoms with Gasteiger partial charge in [0.1, 0.15) is 0 Å². The fourth-order valence-corrected chi connectivity index (χ4v) is 4.50. The van der Waals surface area contributed by atoms with Crippen LogP contribution in [0, 0.1) is 16.7 Å². The zero-order chi connectivity index (χ0) is 20.0. The smallest absolute Gasteiger partial charge is 0.235 e. The Hall–Kier alpha value is -2.17. The van der Waals surface area contributed by atoms with Gasteiger partial charge in [-0.1, -0.05) is 46.8 Å². The van der Waals surface area contributed by atoms with Gasteiger partial charge in [0.2, 0.25) is 17.7 Å². The molecule has 0 aromatic heterocycles. The number of nitrogens with one attached hydrogen (secondary N) is 1. The van der Waals surface area contributed by atoms with Crippen molar-refractivity contribution in [2.24, 2.45) is 16.7 Å². The lowest BCUT2D eigenvalue weighted by Gasteiger charge is -2.47. The van der Waals surface area contributed by atoms with Crippen LogP contribution in [0.25, 0.3) is 0 Å². The number of hydrogen-bond acceptors (Lipinski definition) is 3. The van der Waals surface area contributed by atoms with Crippen molar-refractivity contribution in [1.82, 2.24) is 4.90 Å². The molecule has 1 aliphatic carbocycles. The molecule has 3 amide bonds. The van der Waals surface area contributed by atoms with E-state index in [9.17, 15) is 14.4 Å². The summed E-state index contributed by atoms with van der Waals surface area (Å²) in [6.07, 6.45) is 1.60. The quantitative estimate of drug-likeness (QED) is 0.798. The summed E-state index contributed by atoms with van der Waals surface area (Å²) in [7, 11) is 0. The van der Waals surface area contributed by atoms with Gasteiger partial charge in [0, 0.05) is 24.6 Å². The summed E-state index contributed by atoms with van der Waals surface area (Å²) in [6.45, 7) is 10.4. The van der Waals surface area contributed by atoms with Crippen LogP contribution in [0.4, 0.5) is 5.69 Å². The van der Waals surface area contributed by atoms with Gasteiger partial charge in [-0.3, -0.25) is 19.3 Å². The second kappa shape index (κ2) is 6.77. The van der Waals surface area contributed by atoms with Gasteiger partial charge in [0.25, 0.3) is 0 Å². The third kappa shape index (κ3) is 3.17. The number of imide groups is 1. The lowest BCUT2D eigenvalue weighted by molar-refractivity contribution is -0.167. The maximum Gasteiger partial charge on any atom is 0.235 e. The number of hydrogen-bond donors (Lipinski definition) is 1. The number of piperidine rings is 1. The molecule has 2 aliphatic rings. The van der Waals surface area contributed by atoms with E-state index < -0.39 is 5.41 Å². The first-order valence-corrected chi connectivity index (χ1v) is 9.83. The number of nitrogens with zero attached hydrogens (tertiary/aromatic N) is 1. The lowest BCUT2D eigenvalue weighted by Crippen LogP contribution is -2.59. The number of carbonyl (C=O) groups is 3. The van der Waals surface area contributed by atoms with Crippen molar-refractivity contribution in [3.63, 3.8) is 0 Å². The Morgan fingerprint density at radius 2 is 1.81 bits per heavy atom. The largest absolute Gasteiger partial charge is 0.326 e. The second-order valence-electron chi connectivity index (χ2n) is 9.01. The fourth-order valence-electron chi connectivity index (χ4n) is 4.50. The van der Waals surface area contributed by atoms with E-state index >= 15 is 0 Å². The molecule has 1 aromatic carbocycles. The molecule has 27 heavy (non-hydrogen) atoms. The molecule has 1 aromatic rings.